The number of nitrogens with zero attached hydrogens (tertiary/aromatic N) is 3. The fourth-order valence-corrected chi connectivity index (χ4v) is 3.76. The number of anilines is 1. The number of carbonyl (C=O) groups is 1. The van der Waals surface area contributed by atoms with Gasteiger partial charge in [0.05, 0.1) is 13.2 Å². The van der Waals surface area contributed by atoms with Gasteiger partial charge in [0.15, 0.2) is 0 Å². The molecule has 3 heterocycles. The van der Waals surface area contributed by atoms with Gasteiger partial charge < -0.3 is 19.7 Å². The van der Waals surface area contributed by atoms with Crippen LogP contribution in [0.5, 0.6) is 0 Å². The molecule has 2 fully saturated rings. The van der Waals surface area contributed by atoms with Gasteiger partial charge in [-0.05, 0) is 51.3 Å². The monoisotopic (exact) mass is 410 g/mol. The summed E-state index contributed by atoms with van der Waals surface area (Å²) in [5, 5.41) is 3.94. The smallest absolute Gasteiger partial charge is 0.410 e. The molecule has 1 aromatic rings. The predicted molar refractivity (Wildman–Crippen MR) is 110 cm³/mol. The molecule has 156 valence electrons. The van der Waals surface area contributed by atoms with Crippen LogP contribution in [0.2, 0.25) is 5.15 Å². The zero-order chi connectivity index (χ0) is 20.1. The average Bonchev–Trinajstić information content (AvgIpc) is 2.61. The fraction of sp³-hybridized carbons (Fsp3) is 0.700. The maximum atomic E-state index is 12.4. The van der Waals surface area contributed by atoms with Gasteiger partial charge in [-0.25, -0.2) is 9.78 Å². The van der Waals surface area contributed by atoms with E-state index in [4.69, 9.17) is 21.1 Å². The second kappa shape index (κ2) is 9.29. The van der Waals surface area contributed by atoms with Crippen molar-refractivity contribution >= 4 is 23.5 Å². The second-order valence-electron chi connectivity index (χ2n) is 8.48. The van der Waals surface area contributed by atoms with Crippen molar-refractivity contribution in [3.63, 3.8) is 0 Å². The van der Waals surface area contributed by atoms with Gasteiger partial charge in [-0.15, -0.1) is 0 Å². The van der Waals surface area contributed by atoms with Crippen molar-refractivity contribution in [2.75, 3.05) is 44.7 Å². The van der Waals surface area contributed by atoms with Crippen LogP contribution in [0.4, 0.5) is 10.6 Å². The van der Waals surface area contributed by atoms with Gasteiger partial charge in [-0.2, -0.15) is 0 Å². The van der Waals surface area contributed by atoms with Crippen LogP contribution in [0.1, 0.15) is 39.2 Å². The van der Waals surface area contributed by atoms with Crippen LogP contribution in [-0.4, -0.2) is 71.9 Å². The Bertz CT molecular complexity index is 674. The third kappa shape index (κ3) is 6.50. The van der Waals surface area contributed by atoms with Crippen LogP contribution in [0.3, 0.4) is 0 Å². The minimum Gasteiger partial charge on any atom is -0.444 e. The number of rotatable bonds is 4. The Balaban J connectivity index is 1.60. The second-order valence-corrected chi connectivity index (χ2v) is 8.87. The first-order valence-corrected chi connectivity index (χ1v) is 10.4. The van der Waals surface area contributed by atoms with Crippen LogP contribution in [-0.2, 0) is 16.0 Å². The zero-order valence-corrected chi connectivity index (χ0v) is 17.8. The summed E-state index contributed by atoms with van der Waals surface area (Å²) in [6.07, 6.45) is 1.65. The van der Waals surface area contributed by atoms with Crippen molar-refractivity contribution in [2.24, 2.45) is 0 Å². The average molecular weight is 411 g/mol. The summed E-state index contributed by atoms with van der Waals surface area (Å²) < 4.78 is 10.9. The van der Waals surface area contributed by atoms with Gasteiger partial charge in [0.25, 0.3) is 0 Å². The molecule has 7 nitrogen and oxygen atoms in total. The number of piperidine rings is 1. The van der Waals surface area contributed by atoms with E-state index in [0.29, 0.717) is 11.7 Å². The molecule has 1 aromatic heterocycles. The van der Waals surface area contributed by atoms with Gasteiger partial charge >= 0.3 is 6.09 Å². The first-order valence-electron chi connectivity index (χ1n) is 9.99. The molecule has 0 unspecified atom stereocenters. The van der Waals surface area contributed by atoms with E-state index in [-0.39, 0.29) is 12.1 Å². The molecule has 8 heteroatoms. The van der Waals surface area contributed by atoms with Crippen molar-refractivity contribution in [1.29, 1.82) is 0 Å². The van der Waals surface area contributed by atoms with Crippen molar-refractivity contribution in [1.82, 2.24) is 14.8 Å². The van der Waals surface area contributed by atoms with E-state index in [2.05, 4.69) is 15.2 Å². The number of carbonyl (C=O) groups excluding carboxylic acids is 1. The molecule has 0 spiro atoms. The van der Waals surface area contributed by atoms with E-state index in [0.717, 1.165) is 63.6 Å². The molecule has 3 rings (SSSR count). The number of hydrogen-bond acceptors (Lipinski definition) is 6. The maximum absolute atomic E-state index is 12.4. The highest BCUT2D eigenvalue weighted by Gasteiger charge is 2.27. The van der Waals surface area contributed by atoms with Crippen LogP contribution in [0.25, 0.3) is 0 Å². The Labute approximate surface area is 172 Å². The lowest BCUT2D eigenvalue weighted by molar-refractivity contribution is 0.0206. The minimum absolute atomic E-state index is 0.128. The lowest BCUT2D eigenvalue weighted by atomic mass is 10.1. The van der Waals surface area contributed by atoms with Crippen LogP contribution in [0, 0.1) is 0 Å². The lowest BCUT2D eigenvalue weighted by Crippen LogP contribution is -2.47. The molecule has 0 saturated carbocycles. The van der Waals surface area contributed by atoms with Gasteiger partial charge in [0.1, 0.15) is 16.6 Å². The van der Waals surface area contributed by atoms with Crippen molar-refractivity contribution in [2.45, 2.75) is 51.8 Å². The molecule has 1 N–H and O–H groups in total. The van der Waals surface area contributed by atoms with Gasteiger partial charge in [0, 0.05) is 38.8 Å². The SMILES string of the molecule is CC(C)(C)OC(=O)N1CCC[C@H](Nc2cc(CN3CCOCC3)cc(Cl)n2)C1. The Morgan fingerprint density at radius 3 is 2.79 bits per heavy atom. The molecule has 1 amide bonds. The van der Waals surface area contributed by atoms with E-state index >= 15 is 0 Å². The zero-order valence-electron chi connectivity index (χ0n) is 17.0. The summed E-state index contributed by atoms with van der Waals surface area (Å²) >= 11 is 6.26. The topological polar surface area (TPSA) is 66.9 Å². The number of halogens is 1. The number of ether oxygens (including phenoxy) is 2. The Morgan fingerprint density at radius 2 is 2.07 bits per heavy atom. The molecule has 2 saturated heterocycles. The summed E-state index contributed by atoms with van der Waals surface area (Å²) in [5.74, 6) is 0.756. The minimum atomic E-state index is -0.486. The number of amides is 1. The van der Waals surface area contributed by atoms with E-state index in [1.807, 2.05) is 32.9 Å². The lowest BCUT2D eigenvalue weighted by Gasteiger charge is -2.34. The molecule has 28 heavy (non-hydrogen) atoms. The summed E-state index contributed by atoms with van der Waals surface area (Å²) in [4.78, 5) is 20.9. The quantitative estimate of drug-likeness (QED) is 0.767. The molecule has 1 atom stereocenters. The van der Waals surface area contributed by atoms with Crippen LogP contribution in [0.15, 0.2) is 12.1 Å². The van der Waals surface area contributed by atoms with E-state index in [1.165, 1.54) is 0 Å². The molecule has 0 radical (unpaired) electrons. The first-order chi connectivity index (χ1) is 13.3. The highest BCUT2D eigenvalue weighted by atomic mass is 35.5. The van der Waals surface area contributed by atoms with Crippen LogP contribution < -0.4 is 5.32 Å². The van der Waals surface area contributed by atoms with E-state index in [1.54, 1.807) is 4.90 Å². The summed E-state index contributed by atoms with van der Waals surface area (Å²) in [6.45, 7) is 11.2. The Hall–Kier alpha value is -1.57. The largest absolute Gasteiger partial charge is 0.444 e. The normalized spacial score (nSPS) is 21.4. The molecular weight excluding hydrogens is 380 g/mol. The number of likely N-dealkylation sites (tertiary alicyclic amines) is 1. The number of pyridine rings is 1. The number of morpholine rings is 1. The Kier molecular flexibility index (Phi) is 7.01. The van der Waals surface area contributed by atoms with Gasteiger partial charge in [0.2, 0.25) is 0 Å². The fourth-order valence-electron chi connectivity index (χ4n) is 3.53. The molecule has 2 aliphatic heterocycles. The highest BCUT2D eigenvalue weighted by Crippen LogP contribution is 2.21. The summed E-state index contributed by atoms with van der Waals surface area (Å²) in [6, 6.07) is 4.09. The number of hydrogen-bond donors (Lipinski definition) is 1. The molecule has 2 aliphatic rings. The number of nitrogens with one attached hydrogen (secondary N) is 1. The highest BCUT2D eigenvalue weighted by molar-refractivity contribution is 6.29. The molecular formula is C20H31ClN4O3. The van der Waals surface area contributed by atoms with Crippen molar-refractivity contribution in [3.05, 3.63) is 22.8 Å². The van der Waals surface area contributed by atoms with Crippen molar-refractivity contribution in [3.8, 4) is 0 Å². The van der Waals surface area contributed by atoms with E-state index in [9.17, 15) is 4.79 Å². The molecule has 0 bridgehead atoms. The van der Waals surface area contributed by atoms with Gasteiger partial charge in [-0.3, -0.25) is 4.90 Å². The Morgan fingerprint density at radius 1 is 1.32 bits per heavy atom. The molecule has 0 aromatic carbocycles. The summed E-state index contributed by atoms with van der Waals surface area (Å²) in [5.41, 5.74) is 0.643. The van der Waals surface area contributed by atoms with E-state index < -0.39 is 5.60 Å². The summed E-state index contributed by atoms with van der Waals surface area (Å²) in [7, 11) is 0. The number of aromatic nitrogens is 1. The first kappa shape index (κ1) is 21.1. The molecule has 0 aliphatic carbocycles. The third-order valence-corrected chi connectivity index (χ3v) is 4.98. The predicted octanol–water partition coefficient (Wildman–Crippen LogP) is 3.38. The standard InChI is InChI=1S/C20H31ClN4O3/c1-20(2,3)28-19(26)25-6-4-5-16(14-25)22-18-12-15(11-17(21)23-18)13-24-7-9-27-10-8-24/h11-12,16H,4-10,13-14H2,1-3H3,(H,22,23)/t16-/m0/s1. The van der Waals surface area contributed by atoms with Gasteiger partial charge in [-0.1, -0.05) is 11.6 Å². The van der Waals surface area contributed by atoms with Crippen molar-refractivity contribution < 1.29 is 14.3 Å². The van der Waals surface area contributed by atoms with Crippen LogP contribution >= 0.6 is 11.6 Å². The third-order valence-electron chi connectivity index (χ3n) is 4.79. The maximum Gasteiger partial charge on any atom is 0.410 e.